The molecule has 0 aromatic rings. The summed E-state index contributed by atoms with van der Waals surface area (Å²) in [6.07, 6.45) is 76.4. The maximum atomic E-state index is 12.4. The van der Waals surface area contributed by atoms with Crippen LogP contribution in [0.15, 0.2) is 36.5 Å². The quantitative estimate of drug-likeness (QED) is 0.0321. The molecule has 0 heterocycles. The molecule has 2 atom stereocenters. The fourth-order valence-corrected chi connectivity index (χ4v) is 9.78. The second-order valence-corrected chi connectivity index (χ2v) is 21.7. The first-order chi connectivity index (χ1) is 35.0. The van der Waals surface area contributed by atoms with Gasteiger partial charge in [-0.05, 0) is 64.2 Å². The largest absolute Gasteiger partial charge is 0.466 e. The van der Waals surface area contributed by atoms with E-state index < -0.39 is 12.1 Å². The van der Waals surface area contributed by atoms with Crippen molar-refractivity contribution in [3.8, 4) is 0 Å². The van der Waals surface area contributed by atoms with Crippen molar-refractivity contribution in [2.75, 3.05) is 13.2 Å². The highest BCUT2D eigenvalue weighted by Gasteiger charge is 2.18. The monoisotopic (exact) mass is 998 g/mol. The predicted molar refractivity (Wildman–Crippen MR) is 310 cm³/mol. The summed E-state index contributed by atoms with van der Waals surface area (Å²) in [7, 11) is 0. The Morgan fingerprint density at radius 2 is 0.704 bits per heavy atom. The maximum Gasteiger partial charge on any atom is 0.305 e. The molecule has 0 aromatic carbocycles. The van der Waals surface area contributed by atoms with Gasteiger partial charge < -0.3 is 20.3 Å². The Bertz CT molecular complexity index is 1150. The van der Waals surface area contributed by atoms with Crippen molar-refractivity contribution in [2.45, 2.75) is 353 Å². The summed E-state index contributed by atoms with van der Waals surface area (Å²) in [4.78, 5) is 24.5. The number of hydrogen-bond acceptors (Lipinski definition) is 5. The van der Waals surface area contributed by atoms with Crippen LogP contribution < -0.4 is 5.32 Å². The van der Waals surface area contributed by atoms with E-state index in [2.05, 4.69) is 43.5 Å². The van der Waals surface area contributed by atoms with Crippen LogP contribution in [-0.4, -0.2) is 47.4 Å². The van der Waals surface area contributed by atoms with E-state index in [1.54, 1.807) is 6.08 Å². The molecule has 418 valence electrons. The lowest BCUT2D eigenvalue weighted by Crippen LogP contribution is -2.45. The molecule has 0 bridgehead atoms. The Balaban J connectivity index is 3.33. The van der Waals surface area contributed by atoms with Gasteiger partial charge in [0.15, 0.2) is 0 Å². The molecule has 0 aliphatic carbocycles. The number of rotatable bonds is 59. The number of unbranched alkanes of at least 4 members (excludes halogenated alkanes) is 44. The van der Waals surface area contributed by atoms with Crippen molar-refractivity contribution in [3.63, 3.8) is 0 Å². The lowest BCUT2D eigenvalue weighted by molar-refractivity contribution is -0.143. The molecule has 0 aliphatic heterocycles. The van der Waals surface area contributed by atoms with Crippen molar-refractivity contribution in [2.24, 2.45) is 0 Å². The Labute approximate surface area is 443 Å². The van der Waals surface area contributed by atoms with Gasteiger partial charge in [0.1, 0.15) is 0 Å². The van der Waals surface area contributed by atoms with Gasteiger partial charge in [-0.1, -0.05) is 301 Å². The Hall–Kier alpha value is -1.92. The zero-order chi connectivity index (χ0) is 51.4. The summed E-state index contributed by atoms with van der Waals surface area (Å²) in [6.45, 7) is 4.87. The zero-order valence-electron chi connectivity index (χ0n) is 47.7. The summed E-state index contributed by atoms with van der Waals surface area (Å²) in [6, 6.07) is -0.623. The number of hydrogen-bond donors (Lipinski definition) is 3. The molecule has 0 saturated carbocycles. The maximum absolute atomic E-state index is 12.4. The Morgan fingerprint density at radius 1 is 0.394 bits per heavy atom. The molecule has 71 heavy (non-hydrogen) atoms. The number of esters is 1. The molecular formula is C65H123NO5. The van der Waals surface area contributed by atoms with Crippen molar-refractivity contribution >= 4 is 11.9 Å². The van der Waals surface area contributed by atoms with E-state index in [0.29, 0.717) is 19.4 Å². The van der Waals surface area contributed by atoms with Crippen LogP contribution in [0.3, 0.4) is 0 Å². The first kappa shape index (κ1) is 69.1. The second-order valence-electron chi connectivity index (χ2n) is 21.7. The van der Waals surface area contributed by atoms with Crippen LogP contribution in [0.1, 0.15) is 341 Å². The molecule has 6 nitrogen and oxygen atoms in total. The van der Waals surface area contributed by atoms with E-state index in [-0.39, 0.29) is 18.5 Å². The lowest BCUT2D eigenvalue weighted by Gasteiger charge is -2.20. The fourth-order valence-electron chi connectivity index (χ4n) is 9.78. The molecule has 0 fully saturated rings. The Morgan fingerprint density at radius 3 is 1.10 bits per heavy atom. The highest BCUT2D eigenvalue weighted by molar-refractivity contribution is 5.76. The zero-order valence-corrected chi connectivity index (χ0v) is 47.7. The lowest BCUT2D eigenvalue weighted by atomic mass is 10.0. The molecular weight excluding hydrogens is 875 g/mol. The standard InChI is InChI=1S/C65H123NO5/c1-3-5-7-9-11-13-15-16-32-36-39-43-47-51-55-59-65(70)71-60-56-52-48-44-40-37-34-31-29-27-25-23-21-19-17-18-20-22-24-26-28-30-33-35-38-42-46-50-54-58-64(69)66-62(61-67)63(68)57-53-49-45-41-14-12-10-8-6-4-2/h11,13,16,32,53,57,62-63,67-68H,3-10,12,14-15,17-31,33-52,54-56,58-61H2,1-2H3,(H,66,69)/b13-11-,32-16-,57-53+. The summed E-state index contributed by atoms with van der Waals surface area (Å²) in [5.74, 6) is -0.0608. The summed E-state index contributed by atoms with van der Waals surface area (Å²) in [5, 5.41) is 23.0. The molecule has 1 amide bonds. The van der Waals surface area contributed by atoms with Crippen LogP contribution in [0.4, 0.5) is 0 Å². The molecule has 0 aliphatic rings. The third-order valence-corrected chi connectivity index (χ3v) is 14.7. The van der Waals surface area contributed by atoms with Crippen LogP contribution in [0.2, 0.25) is 0 Å². The third kappa shape index (κ3) is 57.2. The first-order valence-corrected chi connectivity index (χ1v) is 31.8. The molecule has 2 unspecified atom stereocenters. The normalized spacial score (nSPS) is 12.8. The molecule has 0 aromatic heterocycles. The molecule has 0 rings (SSSR count). The van der Waals surface area contributed by atoms with Gasteiger partial charge in [-0.15, -0.1) is 0 Å². The number of amides is 1. The summed E-state index contributed by atoms with van der Waals surface area (Å²) in [5.41, 5.74) is 0. The van der Waals surface area contributed by atoms with E-state index in [4.69, 9.17) is 4.74 Å². The summed E-state index contributed by atoms with van der Waals surface area (Å²) >= 11 is 0. The highest BCUT2D eigenvalue weighted by atomic mass is 16.5. The number of carbonyl (C=O) groups is 2. The van der Waals surface area contributed by atoms with E-state index in [0.717, 1.165) is 51.4 Å². The van der Waals surface area contributed by atoms with Crippen molar-refractivity contribution in [1.29, 1.82) is 0 Å². The molecule has 0 saturated heterocycles. The molecule has 0 radical (unpaired) electrons. The minimum atomic E-state index is -0.840. The summed E-state index contributed by atoms with van der Waals surface area (Å²) < 4.78 is 5.48. The van der Waals surface area contributed by atoms with Gasteiger partial charge in [-0.2, -0.15) is 0 Å². The number of ether oxygens (including phenoxy) is 1. The van der Waals surface area contributed by atoms with Gasteiger partial charge in [0, 0.05) is 12.8 Å². The van der Waals surface area contributed by atoms with Gasteiger partial charge >= 0.3 is 5.97 Å². The van der Waals surface area contributed by atoms with Crippen LogP contribution in [0.5, 0.6) is 0 Å². The van der Waals surface area contributed by atoms with Crippen LogP contribution in [-0.2, 0) is 14.3 Å². The second kappa shape index (κ2) is 60.6. The van der Waals surface area contributed by atoms with Gasteiger partial charge in [-0.25, -0.2) is 0 Å². The van der Waals surface area contributed by atoms with E-state index in [1.165, 1.54) is 263 Å². The van der Waals surface area contributed by atoms with E-state index in [9.17, 15) is 19.8 Å². The number of carbonyl (C=O) groups excluding carboxylic acids is 2. The minimum Gasteiger partial charge on any atom is -0.466 e. The van der Waals surface area contributed by atoms with Gasteiger partial charge in [-0.3, -0.25) is 9.59 Å². The van der Waals surface area contributed by atoms with Crippen LogP contribution >= 0.6 is 0 Å². The number of nitrogens with one attached hydrogen (secondary N) is 1. The molecule has 3 N–H and O–H groups in total. The predicted octanol–water partition coefficient (Wildman–Crippen LogP) is 20.0. The smallest absolute Gasteiger partial charge is 0.305 e. The Kier molecular flexibility index (Phi) is 59.0. The SMILES string of the molecule is CCCCC/C=C\C/C=C\CCCCCCCC(=O)OCCCCCCCCCCCCCCCCCCCCCCCCCCCCCCCC(=O)NC(CO)C(O)/C=C/CCCCCCCCCC. The number of aliphatic hydroxyl groups excluding tert-OH is 2. The van der Waals surface area contributed by atoms with Gasteiger partial charge in [0.05, 0.1) is 25.4 Å². The number of allylic oxidation sites excluding steroid dienone is 5. The number of aliphatic hydroxyl groups is 2. The van der Waals surface area contributed by atoms with Gasteiger partial charge in [0.2, 0.25) is 5.91 Å². The van der Waals surface area contributed by atoms with Crippen molar-refractivity contribution in [1.82, 2.24) is 5.32 Å². The van der Waals surface area contributed by atoms with Crippen molar-refractivity contribution in [3.05, 3.63) is 36.5 Å². The van der Waals surface area contributed by atoms with E-state index >= 15 is 0 Å². The fraction of sp³-hybridized carbons (Fsp3) is 0.877. The van der Waals surface area contributed by atoms with E-state index in [1.807, 2.05) is 6.08 Å². The van der Waals surface area contributed by atoms with Gasteiger partial charge in [0.25, 0.3) is 0 Å². The van der Waals surface area contributed by atoms with Crippen LogP contribution in [0.25, 0.3) is 0 Å². The first-order valence-electron chi connectivity index (χ1n) is 31.8. The highest BCUT2D eigenvalue weighted by Crippen LogP contribution is 2.18. The molecule has 0 spiro atoms. The average Bonchev–Trinajstić information content (AvgIpc) is 3.37. The van der Waals surface area contributed by atoms with Crippen LogP contribution in [0, 0.1) is 0 Å². The molecule has 6 heteroatoms. The minimum absolute atomic E-state index is 0.00496. The van der Waals surface area contributed by atoms with Crippen molar-refractivity contribution < 1.29 is 24.5 Å². The third-order valence-electron chi connectivity index (χ3n) is 14.7. The average molecular weight is 999 g/mol. The topological polar surface area (TPSA) is 95.9 Å².